The maximum atomic E-state index is 12.8. The molecule has 0 saturated heterocycles. The standard InChI is InChI=1S/C26H24BrNO5/c27-22-14-8-7-13-21(22)25(30)28-23(26(31)33-18-20-11-5-2-6-12-20)15-16-24(29)32-17-19-9-3-1-4-10-19/h1-14,23H,15-18H2,(H,28,30). The zero-order valence-electron chi connectivity index (χ0n) is 17.9. The number of benzene rings is 3. The van der Waals surface area contributed by atoms with Gasteiger partial charge in [0.15, 0.2) is 0 Å². The molecule has 7 heteroatoms. The Morgan fingerprint density at radius 3 is 1.91 bits per heavy atom. The zero-order chi connectivity index (χ0) is 23.5. The third-order valence-corrected chi connectivity index (χ3v) is 5.50. The van der Waals surface area contributed by atoms with Crippen molar-refractivity contribution < 1.29 is 23.9 Å². The fourth-order valence-electron chi connectivity index (χ4n) is 3.03. The summed E-state index contributed by atoms with van der Waals surface area (Å²) in [5, 5.41) is 2.69. The molecule has 0 aliphatic heterocycles. The molecular formula is C26H24BrNO5. The van der Waals surface area contributed by atoms with Gasteiger partial charge in [-0.3, -0.25) is 9.59 Å². The Kier molecular flexibility index (Phi) is 9.20. The smallest absolute Gasteiger partial charge is 0.328 e. The lowest BCUT2D eigenvalue weighted by Gasteiger charge is -2.18. The van der Waals surface area contributed by atoms with Gasteiger partial charge in [-0.15, -0.1) is 0 Å². The second-order valence-electron chi connectivity index (χ2n) is 7.28. The first-order valence-electron chi connectivity index (χ1n) is 10.5. The number of nitrogens with one attached hydrogen (secondary N) is 1. The molecule has 3 aromatic rings. The average Bonchev–Trinajstić information content (AvgIpc) is 2.85. The largest absolute Gasteiger partial charge is 0.461 e. The molecule has 1 N–H and O–H groups in total. The Labute approximate surface area is 201 Å². The molecule has 0 bridgehead atoms. The van der Waals surface area contributed by atoms with Crippen LogP contribution in [0.2, 0.25) is 0 Å². The average molecular weight is 510 g/mol. The SMILES string of the molecule is O=C(CCC(NC(=O)c1ccccc1Br)C(=O)OCc1ccccc1)OCc1ccccc1. The van der Waals surface area contributed by atoms with Gasteiger partial charge < -0.3 is 14.8 Å². The van der Waals surface area contributed by atoms with Gasteiger partial charge in [0.2, 0.25) is 0 Å². The molecule has 1 amide bonds. The van der Waals surface area contributed by atoms with E-state index in [2.05, 4.69) is 21.2 Å². The maximum Gasteiger partial charge on any atom is 0.328 e. The summed E-state index contributed by atoms with van der Waals surface area (Å²) in [5.74, 6) is -1.52. The Hall–Kier alpha value is -3.45. The summed E-state index contributed by atoms with van der Waals surface area (Å²) in [5.41, 5.74) is 2.07. The lowest BCUT2D eigenvalue weighted by atomic mass is 10.1. The van der Waals surface area contributed by atoms with E-state index in [1.807, 2.05) is 60.7 Å². The molecule has 1 atom stereocenters. The van der Waals surface area contributed by atoms with E-state index < -0.39 is 23.9 Å². The van der Waals surface area contributed by atoms with Gasteiger partial charge in [0, 0.05) is 10.9 Å². The van der Waals surface area contributed by atoms with E-state index in [1.165, 1.54) is 0 Å². The van der Waals surface area contributed by atoms with Crippen molar-refractivity contribution in [2.75, 3.05) is 0 Å². The molecule has 0 aliphatic rings. The van der Waals surface area contributed by atoms with E-state index in [0.29, 0.717) is 10.0 Å². The van der Waals surface area contributed by atoms with E-state index in [-0.39, 0.29) is 26.1 Å². The first-order valence-corrected chi connectivity index (χ1v) is 11.3. The normalized spacial score (nSPS) is 11.3. The van der Waals surface area contributed by atoms with Crippen molar-refractivity contribution in [2.45, 2.75) is 32.1 Å². The van der Waals surface area contributed by atoms with E-state index in [0.717, 1.165) is 11.1 Å². The Morgan fingerprint density at radius 2 is 1.30 bits per heavy atom. The topological polar surface area (TPSA) is 81.7 Å². The fourth-order valence-corrected chi connectivity index (χ4v) is 3.50. The number of hydrogen-bond acceptors (Lipinski definition) is 5. The number of esters is 2. The van der Waals surface area contributed by atoms with Crippen LogP contribution in [-0.2, 0) is 32.3 Å². The van der Waals surface area contributed by atoms with Crippen molar-refractivity contribution in [1.82, 2.24) is 5.32 Å². The lowest BCUT2D eigenvalue weighted by Crippen LogP contribution is -2.42. The predicted molar refractivity (Wildman–Crippen MR) is 127 cm³/mol. The number of carbonyl (C=O) groups excluding carboxylic acids is 3. The van der Waals surface area contributed by atoms with Gasteiger partial charge in [-0.2, -0.15) is 0 Å². The minimum Gasteiger partial charge on any atom is -0.461 e. The molecule has 33 heavy (non-hydrogen) atoms. The number of halogens is 1. The van der Waals surface area contributed by atoms with Crippen molar-refractivity contribution in [1.29, 1.82) is 0 Å². The van der Waals surface area contributed by atoms with Crippen LogP contribution in [0.4, 0.5) is 0 Å². The van der Waals surface area contributed by atoms with Crippen LogP contribution in [0.15, 0.2) is 89.4 Å². The zero-order valence-corrected chi connectivity index (χ0v) is 19.5. The van der Waals surface area contributed by atoms with E-state index in [9.17, 15) is 14.4 Å². The summed E-state index contributed by atoms with van der Waals surface area (Å²) >= 11 is 3.34. The Bertz CT molecular complexity index is 1070. The van der Waals surface area contributed by atoms with Crippen molar-refractivity contribution >= 4 is 33.8 Å². The molecule has 0 heterocycles. The van der Waals surface area contributed by atoms with Gasteiger partial charge in [-0.1, -0.05) is 72.8 Å². The van der Waals surface area contributed by atoms with E-state index in [1.54, 1.807) is 24.3 Å². The number of hydrogen-bond donors (Lipinski definition) is 1. The minimum atomic E-state index is -1.00. The maximum absolute atomic E-state index is 12.8. The van der Waals surface area contributed by atoms with Crippen LogP contribution in [0.5, 0.6) is 0 Å². The molecule has 0 aromatic heterocycles. The highest BCUT2D eigenvalue weighted by Gasteiger charge is 2.25. The molecule has 0 radical (unpaired) electrons. The number of ether oxygens (including phenoxy) is 2. The van der Waals surface area contributed by atoms with Crippen molar-refractivity contribution in [3.05, 3.63) is 106 Å². The Morgan fingerprint density at radius 1 is 0.758 bits per heavy atom. The second kappa shape index (κ2) is 12.6. The van der Waals surface area contributed by atoms with Crippen LogP contribution < -0.4 is 5.32 Å². The number of carbonyl (C=O) groups is 3. The second-order valence-corrected chi connectivity index (χ2v) is 8.14. The summed E-state index contributed by atoms with van der Waals surface area (Å²) in [6.07, 6.45) is 0.00557. The van der Waals surface area contributed by atoms with Crippen LogP contribution in [0.1, 0.15) is 34.3 Å². The summed E-state index contributed by atoms with van der Waals surface area (Å²) < 4.78 is 11.3. The quantitative estimate of drug-likeness (QED) is 0.396. The first-order chi connectivity index (χ1) is 16.0. The molecule has 0 fully saturated rings. The molecule has 170 valence electrons. The molecule has 3 rings (SSSR count). The summed E-state index contributed by atoms with van der Waals surface area (Å²) in [4.78, 5) is 37.7. The fraction of sp³-hybridized carbons (Fsp3) is 0.192. The van der Waals surface area contributed by atoms with Gasteiger partial charge in [0.1, 0.15) is 19.3 Å². The van der Waals surface area contributed by atoms with Gasteiger partial charge in [-0.25, -0.2) is 4.79 Å². The van der Waals surface area contributed by atoms with E-state index in [4.69, 9.17) is 9.47 Å². The third kappa shape index (κ3) is 7.88. The molecule has 1 unspecified atom stereocenters. The van der Waals surface area contributed by atoms with Crippen LogP contribution in [0.25, 0.3) is 0 Å². The van der Waals surface area contributed by atoms with Crippen LogP contribution in [-0.4, -0.2) is 23.9 Å². The van der Waals surface area contributed by atoms with Crippen molar-refractivity contribution in [2.24, 2.45) is 0 Å². The van der Waals surface area contributed by atoms with Crippen LogP contribution in [0, 0.1) is 0 Å². The first kappa shape index (κ1) is 24.2. The monoisotopic (exact) mass is 509 g/mol. The lowest BCUT2D eigenvalue weighted by molar-refractivity contribution is -0.148. The predicted octanol–water partition coefficient (Wildman–Crippen LogP) is 4.81. The molecule has 6 nitrogen and oxygen atoms in total. The molecule has 0 saturated carbocycles. The third-order valence-electron chi connectivity index (χ3n) is 4.81. The molecule has 0 aliphatic carbocycles. The Balaban J connectivity index is 1.61. The summed E-state index contributed by atoms with van der Waals surface area (Å²) in [7, 11) is 0. The summed E-state index contributed by atoms with van der Waals surface area (Å²) in [6.45, 7) is 0.214. The highest BCUT2D eigenvalue weighted by molar-refractivity contribution is 9.10. The number of amides is 1. The van der Waals surface area contributed by atoms with Gasteiger partial charge in [0.05, 0.1) is 5.56 Å². The van der Waals surface area contributed by atoms with Crippen molar-refractivity contribution in [3.8, 4) is 0 Å². The molecule has 0 spiro atoms. The van der Waals surface area contributed by atoms with Crippen LogP contribution >= 0.6 is 15.9 Å². The minimum absolute atomic E-state index is 0.0474. The highest BCUT2D eigenvalue weighted by Crippen LogP contribution is 2.16. The molecular weight excluding hydrogens is 486 g/mol. The van der Waals surface area contributed by atoms with Crippen molar-refractivity contribution in [3.63, 3.8) is 0 Å². The van der Waals surface area contributed by atoms with Gasteiger partial charge >= 0.3 is 11.9 Å². The molecule has 3 aromatic carbocycles. The summed E-state index contributed by atoms with van der Waals surface area (Å²) in [6, 6.07) is 24.4. The van der Waals surface area contributed by atoms with E-state index >= 15 is 0 Å². The number of rotatable bonds is 10. The van der Waals surface area contributed by atoms with Gasteiger partial charge in [0.25, 0.3) is 5.91 Å². The highest BCUT2D eigenvalue weighted by atomic mass is 79.9. The van der Waals surface area contributed by atoms with Crippen LogP contribution in [0.3, 0.4) is 0 Å². The van der Waals surface area contributed by atoms with Gasteiger partial charge in [-0.05, 0) is 45.6 Å².